The fraction of sp³-hybridized carbons (Fsp3) is 0.448. The van der Waals surface area contributed by atoms with Crippen LogP contribution in [0, 0.1) is 11.8 Å². The number of benzene rings is 1. The van der Waals surface area contributed by atoms with Gasteiger partial charge in [0, 0.05) is 73.9 Å². The Labute approximate surface area is 244 Å². The summed E-state index contributed by atoms with van der Waals surface area (Å²) in [7, 11) is 2.14. The number of hydrogen-bond donors (Lipinski definition) is 1. The predicted molar refractivity (Wildman–Crippen MR) is 156 cm³/mol. The number of hydrogen-bond acceptors (Lipinski definition) is 8. The van der Waals surface area contributed by atoms with Gasteiger partial charge in [0.2, 0.25) is 17.7 Å². The van der Waals surface area contributed by atoms with E-state index in [9.17, 15) is 4.79 Å². The van der Waals surface area contributed by atoms with Crippen LogP contribution in [0.3, 0.4) is 0 Å². The maximum absolute atomic E-state index is 11.5. The van der Waals surface area contributed by atoms with E-state index in [-0.39, 0.29) is 5.91 Å². The monoisotopic (exact) mass is 581 g/mol. The average Bonchev–Trinajstić information content (AvgIpc) is 3.42. The Bertz CT molecular complexity index is 1360. The van der Waals surface area contributed by atoms with Crippen LogP contribution in [-0.2, 0) is 11.3 Å². The normalized spacial score (nSPS) is 23.0. The minimum Gasteiger partial charge on any atom is -0.436 e. The molecular weight excluding hydrogens is 549 g/mol. The molecule has 0 spiro atoms. The van der Waals surface area contributed by atoms with Gasteiger partial charge in [0.05, 0.1) is 18.1 Å². The molecule has 0 radical (unpaired) electrons. The number of nitrogens with zero attached hydrogens (tertiary/aromatic N) is 6. The van der Waals surface area contributed by atoms with E-state index >= 15 is 0 Å². The first-order valence-electron chi connectivity index (χ1n) is 13.7. The molecule has 1 saturated carbocycles. The van der Waals surface area contributed by atoms with Gasteiger partial charge in [-0.1, -0.05) is 23.2 Å². The number of anilines is 1. The van der Waals surface area contributed by atoms with Crippen LogP contribution >= 0.6 is 23.2 Å². The zero-order valence-electron chi connectivity index (χ0n) is 22.7. The number of pyridine rings is 1. The standard InChI is InChI=1S/C29H33Cl2N7O2/c1-18(39)34-28-24-16-37(17-25(24)28)15-19-8-26(20-10-21(30)12-22(31)11-20)35-27(9-19)40-23-13-32-29(33-14-23)38-5-3-4-36(2)6-7-38/h8-14,24-25,28H,3-7,15-17H2,1-2H3,(H,34,39)/t24-,25+,28+. The van der Waals surface area contributed by atoms with Crippen LogP contribution in [0.2, 0.25) is 10.0 Å². The maximum atomic E-state index is 11.5. The molecule has 4 heterocycles. The lowest BCUT2D eigenvalue weighted by atomic mass is 10.1. The Morgan fingerprint density at radius 2 is 1.73 bits per heavy atom. The number of piperidine rings is 1. The molecule has 6 rings (SSSR count). The third kappa shape index (κ3) is 6.33. The SMILES string of the molecule is CC(=O)N[C@H]1[C@@H]2CN(Cc3cc(Oc4cnc(N5CCCN(C)CC5)nc4)nc(-c4cc(Cl)cc(Cl)c4)c3)C[C@@H]21. The second kappa shape index (κ2) is 11.5. The molecule has 3 aliphatic rings. The van der Waals surface area contributed by atoms with Gasteiger partial charge in [-0.25, -0.2) is 15.0 Å². The summed E-state index contributed by atoms with van der Waals surface area (Å²) in [6, 6.07) is 9.74. The first-order valence-corrected chi connectivity index (χ1v) is 14.5. The number of aromatic nitrogens is 3. The third-order valence-corrected chi connectivity index (χ3v) is 8.34. The van der Waals surface area contributed by atoms with Gasteiger partial charge in [-0.05, 0) is 61.7 Å². The molecule has 3 atom stereocenters. The average molecular weight is 583 g/mol. The number of nitrogens with one attached hydrogen (secondary N) is 1. The molecule has 1 aromatic carbocycles. The summed E-state index contributed by atoms with van der Waals surface area (Å²) in [5.74, 6) is 2.78. The first kappa shape index (κ1) is 27.2. The van der Waals surface area contributed by atoms with E-state index in [4.69, 9.17) is 32.9 Å². The van der Waals surface area contributed by atoms with Crippen molar-refractivity contribution in [1.82, 2.24) is 30.1 Å². The number of fused-ring (bicyclic) bond motifs is 1. The summed E-state index contributed by atoms with van der Waals surface area (Å²) in [4.78, 5) is 32.4. The topological polar surface area (TPSA) is 86.7 Å². The summed E-state index contributed by atoms with van der Waals surface area (Å²) in [6.07, 6.45) is 4.49. The highest BCUT2D eigenvalue weighted by Gasteiger charge is 2.55. The smallest absolute Gasteiger partial charge is 0.225 e. The molecule has 0 unspecified atom stereocenters. The molecule has 1 N–H and O–H groups in total. The van der Waals surface area contributed by atoms with Crippen molar-refractivity contribution in [2.45, 2.75) is 25.9 Å². The van der Waals surface area contributed by atoms with Crippen LogP contribution in [-0.4, -0.2) is 83.0 Å². The van der Waals surface area contributed by atoms with Crippen LogP contribution in [0.1, 0.15) is 18.9 Å². The van der Waals surface area contributed by atoms with E-state index in [2.05, 4.69) is 43.1 Å². The summed E-state index contributed by atoms with van der Waals surface area (Å²) in [5, 5.41) is 4.16. The molecule has 1 aliphatic carbocycles. The number of likely N-dealkylation sites (tertiary alicyclic amines) is 1. The number of ether oxygens (including phenoxy) is 1. The van der Waals surface area contributed by atoms with Gasteiger partial charge in [-0.15, -0.1) is 0 Å². The quantitative estimate of drug-likeness (QED) is 0.441. The van der Waals surface area contributed by atoms with E-state index < -0.39 is 0 Å². The van der Waals surface area contributed by atoms with Crippen molar-refractivity contribution in [3.8, 4) is 22.9 Å². The van der Waals surface area contributed by atoms with Gasteiger partial charge >= 0.3 is 0 Å². The Kier molecular flexibility index (Phi) is 7.81. The number of amides is 1. The highest BCUT2D eigenvalue weighted by molar-refractivity contribution is 6.35. The third-order valence-electron chi connectivity index (χ3n) is 7.90. The van der Waals surface area contributed by atoms with Crippen molar-refractivity contribution in [2.75, 3.05) is 51.2 Å². The Morgan fingerprint density at radius 3 is 2.42 bits per heavy atom. The van der Waals surface area contributed by atoms with Crippen molar-refractivity contribution in [1.29, 1.82) is 0 Å². The van der Waals surface area contributed by atoms with Gasteiger partial charge in [0.15, 0.2) is 5.75 Å². The molecule has 11 heteroatoms. The second-order valence-corrected chi connectivity index (χ2v) is 11.9. The number of carbonyl (C=O) groups is 1. The number of halogens is 2. The molecule has 1 amide bonds. The molecule has 2 saturated heterocycles. The largest absolute Gasteiger partial charge is 0.436 e. The highest BCUT2D eigenvalue weighted by atomic mass is 35.5. The predicted octanol–water partition coefficient (Wildman–Crippen LogP) is 4.35. The highest BCUT2D eigenvalue weighted by Crippen LogP contribution is 2.46. The van der Waals surface area contributed by atoms with Gasteiger partial charge in [0.1, 0.15) is 0 Å². The number of likely N-dealkylation sites (N-methyl/N-ethyl adjacent to an activating group) is 1. The molecule has 0 bridgehead atoms. The summed E-state index contributed by atoms with van der Waals surface area (Å²) >= 11 is 12.6. The molecule has 9 nitrogen and oxygen atoms in total. The van der Waals surface area contributed by atoms with Gasteiger partial charge in [-0.3, -0.25) is 9.69 Å². The number of rotatable bonds is 7. The Hall–Kier alpha value is -2.98. The zero-order valence-corrected chi connectivity index (χ0v) is 24.2. The zero-order chi connectivity index (χ0) is 27.8. The van der Waals surface area contributed by atoms with E-state index in [0.717, 1.165) is 69.1 Å². The van der Waals surface area contributed by atoms with Crippen LogP contribution < -0.4 is 15.0 Å². The molecular formula is C29H33Cl2N7O2. The first-order chi connectivity index (χ1) is 19.3. The summed E-state index contributed by atoms with van der Waals surface area (Å²) in [5.41, 5.74) is 2.61. The summed E-state index contributed by atoms with van der Waals surface area (Å²) < 4.78 is 6.19. The molecule has 40 heavy (non-hydrogen) atoms. The maximum Gasteiger partial charge on any atom is 0.225 e. The van der Waals surface area contributed by atoms with Crippen molar-refractivity contribution in [3.63, 3.8) is 0 Å². The minimum atomic E-state index is 0.0442. The van der Waals surface area contributed by atoms with Crippen LogP contribution in [0.5, 0.6) is 11.6 Å². The van der Waals surface area contributed by atoms with Crippen molar-refractivity contribution in [2.24, 2.45) is 11.8 Å². The van der Waals surface area contributed by atoms with E-state index in [1.54, 1.807) is 25.4 Å². The van der Waals surface area contributed by atoms with Crippen molar-refractivity contribution in [3.05, 3.63) is 58.3 Å². The van der Waals surface area contributed by atoms with Crippen molar-refractivity contribution < 1.29 is 9.53 Å². The van der Waals surface area contributed by atoms with E-state index in [0.29, 0.717) is 45.5 Å². The Balaban J connectivity index is 1.20. The van der Waals surface area contributed by atoms with Gasteiger partial charge in [0.25, 0.3) is 0 Å². The van der Waals surface area contributed by atoms with Crippen LogP contribution in [0.4, 0.5) is 5.95 Å². The fourth-order valence-electron chi connectivity index (χ4n) is 5.89. The number of carbonyl (C=O) groups excluding carboxylic acids is 1. The van der Waals surface area contributed by atoms with Crippen LogP contribution in [0.15, 0.2) is 42.7 Å². The summed E-state index contributed by atoms with van der Waals surface area (Å²) in [6.45, 7) is 8.13. The Morgan fingerprint density at radius 1 is 1.00 bits per heavy atom. The molecule has 210 valence electrons. The van der Waals surface area contributed by atoms with Crippen molar-refractivity contribution >= 4 is 35.1 Å². The second-order valence-electron chi connectivity index (χ2n) is 11.1. The molecule has 2 aliphatic heterocycles. The van der Waals surface area contributed by atoms with E-state index in [1.807, 2.05) is 18.2 Å². The lowest BCUT2D eigenvalue weighted by Gasteiger charge is -2.21. The van der Waals surface area contributed by atoms with Crippen LogP contribution in [0.25, 0.3) is 11.3 Å². The molecule has 3 aromatic rings. The fourth-order valence-corrected chi connectivity index (χ4v) is 6.42. The lowest BCUT2D eigenvalue weighted by molar-refractivity contribution is -0.119. The van der Waals surface area contributed by atoms with Gasteiger partial charge in [-0.2, -0.15) is 0 Å². The molecule has 3 fully saturated rings. The molecule has 2 aromatic heterocycles. The van der Waals surface area contributed by atoms with E-state index in [1.165, 1.54) is 0 Å². The minimum absolute atomic E-state index is 0.0442. The lowest BCUT2D eigenvalue weighted by Crippen LogP contribution is -2.33. The van der Waals surface area contributed by atoms with Gasteiger partial charge < -0.3 is 19.9 Å².